The molecule has 0 atom stereocenters. The van der Waals surface area contributed by atoms with Crippen LogP contribution < -0.4 is 0 Å². The van der Waals surface area contributed by atoms with Gasteiger partial charge < -0.3 is 4.90 Å². The molecule has 13 heavy (non-hydrogen) atoms. The van der Waals surface area contributed by atoms with Crippen LogP contribution in [0.4, 0.5) is 0 Å². The van der Waals surface area contributed by atoms with Gasteiger partial charge in [-0.25, -0.2) is 0 Å². The zero-order valence-electron chi connectivity index (χ0n) is 8.21. The molecule has 0 N–H and O–H groups in total. The molecular weight excluding hydrogens is 162 g/mol. The Morgan fingerprint density at radius 3 is 2.62 bits per heavy atom. The van der Waals surface area contributed by atoms with Crippen LogP contribution in [-0.2, 0) is 4.79 Å². The van der Waals surface area contributed by atoms with E-state index in [9.17, 15) is 4.79 Å². The minimum atomic E-state index is 0.223. The highest BCUT2D eigenvalue weighted by Crippen LogP contribution is 2.29. The van der Waals surface area contributed by atoms with Gasteiger partial charge in [-0.1, -0.05) is 12.2 Å². The van der Waals surface area contributed by atoms with Crippen molar-refractivity contribution in [3.05, 3.63) is 23.3 Å². The molecule has 70 valence electrons. The fourth-order valence-corrected chi connectivity index (χ4v) is 1.93. The fourth-order valence-electron chi connectivity index (χ4n) is 1.93. The summed E-state index contributed by atoms with van der Waals surface area (Å²) < 4.78 is 0. The molecule has 0 aromatic carbocycles. The highest BCUT2D eigenvalue weighted by molar-refractivity contribution is 6.01. The lowest BCUT2D eigenvalue weighted by Crippen LogP contribution is -2.31. The molecule has 0 aromatic heterocycles. The second kappa shape index (κ2) is 3.02. The zero-order valence-corrected chi connectivity index (χ0v) is 8.21. The van der Waals surface area contributed by atoms with Crippen molar-refractivity contribution in [1.29, 1.82) is 0 Å². The molecule has 0 radical (unpaired) electrons. The smallest absolute Gasteiger partial charge is 0.254 e. The second-order valence-electron chi connectivity index (χ2n) is 3.95. The largest absolute Gasteiger partial charge is 0.332 e. The number of carbonyl (C=O) groups excluding carboxylic acids is 1. The number of carbonyl (C=O) groups is 1. The van der Waals surface area contributed by atoms with E-state index in [0.717, 1.165) is 25.0 Å². The van der Waals surface area contributed by atoms with Crippen LogP contribution in [0.25, 0.3) is 0 Å². The Labute approximate surface area is 78.9 Å². The van der Waals surface area contributed by atoms with Crippen LogP contribution in [0.1, 0.15) is 26.7 Å². The Morgan fingerprint density at radius 1 is 1.31 bits per heavy atom. The average Bonchev–Trinajstić information content (AvgIpc) is 2.45. The van der Waals surface area contributed by atoms with Crippen molar-refractivity contribution >= 4 is 5.91 Å². The number of likely N-dealkylation sites (tertiary alicyclic amines) is 1. The standard InChI is InChI=1S/C11H15NO/c1-8(2)12-7-9-5-3-4-6-10(9)11(12)13/h5-6,8H,3-4,7H2,1-2H3. The van der Waals surface area contributed by atoms with E-state index >= 15 is 0 Å². The van der Waals surface area contributed by atoms with Gasteiger partial charge in [0.2, 0.25) is 0 Å². The van der Waals surface area contributed by atoms with E-state index in [1.54, 1.807) is 0 Å². The number of rotatable bonds is 1. The highest BCUT2D eigenvalue weighted by Gasteiger charge is 2.32. The van der Waals surface area contributed by atoms with Gasteiger partial charge in [0, 0.05) is 18.2 Å². The Morgan fingerprint density at radius 2 is 2.00 bits per heavy atom. The molecule has 2 heteroatoms. The number of amides is 1. The van der Waals surface area contributed by atoms with Gasteiger partial charge in [-0.05, 0) is 32.3 Å². The van der Waals surface area contributed by atoms with Crippen LogP contribution in [0.15, 0.2) is 23.3 Å². The van der Waals surface area contributed by atoms with Gasteiger partial charge >= 0.3 is 0 Å². The lowest BCUT2D eigenvalue weighted by atomic mass is 10.0. The Kier molecular flexibility index (Phi) is 1.98. The van der Waals surface area contributed by atoms with Crippen LogP contribution in [0, 0.1) is 0 Å². The van der Waals surface area contributed by atoms with Crippen LogP contribution in [0.5, 0.6) is 0 Å². The molecule has 0 bridgehead atoms. The predicted molar refractivity (Wildman–Crippen MR) is 52.2 cm³/mol. The summed E-state index contributed by atoms with van der Waals surface area (Å²) in [7, 11) is 0. The van der Waals surface area contributed by atoms with Crippen LogP contribution in [-0.4, -0.2) is 23.4 Å². The summed E-state index contributed by atoms with van der Waals surface area (Å²) in [6.07, 6.45) is 6.41. The molecular formula is C11H15NO. The number of nitrogens with zero attached hydrogens (tertiary/aromatic N) is 1. The van der Waals surface area contributed by atoms with Crippen molar-refractivity contribution < 1.29 is 4.79 Å². The Balaban J connectivity index is 2.29. The fraction of sp³-hybridized carbons (Fsp3) is 0.545. The molecule has 1 aliphatic heterocycles. The first-order valence-electron chi connectivity index (χ1n) is 4.90. The van der Waals surface area contributed by atoms with Crippen molar-refractivity contribution in [2.75, 3.05) is 6.54 Å². The maximum Gasteiger partial charge on any atom is 0.254 e. The summed E-state index contributed by atoms with van der Waals surface area (Å²) in [6.45, 7) is 4.95. The molecule has 1 heterocycles. The van der Waals surface area contributed by atoms with E-state index in [4.69, 9.17) is 0 Å². The first kappa shape index (κ1) is 8.54. The van der Waals surface area contributed by atoms with E-state index in [-0.39, 0.29) is 5.91 Å². The molecule has 2 nitrogen and oxygen atoms in total. The number of hydrogen-bond donors (Lipinski definition) is 0. The minimum absolute atomic E-state index is 0.223. The molecule has 2 aliphatic rings. The summed E-state index contributed by atoms with van der Waals surface area (Å²) >= 11 is 0. The SMILES string of the molecule is CC(C)N1CC2=CCCC=C2C1=O. The number of fused-ring (bicyclic) bond motifs is 1. The average molecular weight is 177 g/mol. The van der Waals surface area contributed by atoms with Crippen LogP contribution in [0.2, 0.25) is 0 Å². The van der Waals surface area contributed by atoms with Gasteiger partial charge in [0.05, 0.1) is 0 Å². The zero-order chi connectivity index (χ0) is 9.42. The summed E-state index contributed by atoms with van der Waals surface area (Å²) in [6, 6.07) is 0.319. The van der Waals surface area contributed by atoms with E-state index in [1.165, 1.54) is 5.57 Å². The third kappa shape index (κ3) is 1.30. The molecule has 1 aliphatic carbocycles. The number of allylic oxidation sites excluding steroid dienone is 2. The maximum absolute atomic E-state index is 11.8. The molecule has 0 spiro atoms. The van der Waals surface area contributed by atoms with E-state index in [2.05, 4.69) is 26.0 Å². The van der Waals surface area contributed by atoms with Gasteiger partial charge in [-0.15, -0.1) is 0 Å². The molecule has 0 saturated carbocycles. The summed E-state index contributed by atoms with van der Waals surface area (Å²) in [5.74, 6) is 0.223. The maximum atomic E-state index is 11.8. The minimum Gasteiger partial charge on any atom is -0.332 e. The lowest BCUT2D eigenvalue weighted by Gasteiger charge is -2.19. The van der Waals surface area contributed by atoms with Crippen molar-refractivity contribution in [1.82, 2.24) is 4.90 Å². The number of hydrogen-bond acceptors (Lipinski definition) is 1. The summed E-state index contributed by atoms with van der Waals surface area (Å²) in [4.78, 5) is 13.7. The van der Waals surface area contributed by atoms with Crippen molar-refractivity contribution in [3.63, 3.8) is 0 Å². The van der Waals surface area contributed by atoms with Crippen LogP contribution in [0.3, 0.4) is 0 Å². The predicted octanol–water partition coefficient (Wildman–Crippen LogP) is 1.88. The third-order valence-corrected chi connectivity index (χ3v) is 2.71. The van der Waals surface area contributed by atoms with Crippen molar-refractivity contribution in [2.45, 2.75) is 32.7 Å². The van der Waals surface area contributed by atoms with E-state index in [1.807, 2.05) is 4.90 Å². The lowest BCUT2D eigenvalue weighted by molar-refractivity contribution is -0.126. The molecule has 1 amide bonds. The molecule has 0 aromatic rings. The van der Waals surface area contributed by atoms with Gasteiger partial charge in [-0.2, -0.15) is 0 Å². The van der Waals surface area contributed by atoms with Gasteiger partial charge in [-0.3, -0.25) is 4.79 Å². The topological polar surface area (TPSA) is 20.3 Å². The molecule has 2 rings (SSSR count). The van der Waals surface area contributed by atoms with Gasteiger partial charge in [0.25, 0.3) is 5.91 Å². The molecule has 1 fully saturated rings. The third-order valence-electron chi connectivity index (χ3n) is 2.71. The van der Waals surface area contributed by atoms with Gasteiger partial charge in [0.15, 0.2) is 0 Å². The summed E-state index contributed by atoms with van der Waals surface area (Å²) in [5, 5.41) is 0. The van der Waals surface area contributed by atoms with Crippen molar-refractivity contribution in [3.8, 4) is 0 Å². The van der Waals surface area contributed by atoms with Crippen LogP contribution >= 0.6 is 0 Å². The Hall–Kier alpha value is -1.05. The first-order valence-corrected chi connectivity index (χ1v) is 4.90. The second-order valence-corrected chi connectivity index (χ2v) is 3.95. The molecule has 0 unspecified atom stereocenters. The Bertz CT molecular complexity index is 299. The highest BCUT2D eigenvalue weighted by atomic mass is 16.2. The quantitative estimate of drug-likeness (QED) is 0.599. The van der Waals surface area contributed by atoms with E-state index in [0.29, 0.717) is 6.04 Å². The van der Waals surface area contributed by atoms with Gasteiger partial charge in [0.1, 0.15) is 0 Å². The van der Waals surface area contributed by atoms with E-state index < -0.39 is 0 Å². The molecule has 1 saturated heterocycles. The van der Waals surface area contributed by atoms with Crippen molar-refractivity contribution in [2.24, 2.45) is 0 Å². The normalized spacial score (nSPS) is 21.8. The monoisotopic (exact) mass is 177 g/mol. The summed E-state index contributed by atoms with van der Waals surface area (Å²) in [5.41, 5.74) is 2.20. The first-order chi connectivity index (χ1) is 6.20.